The molecule has 1 aromatic heterocycles. The summed E-state index contributed by atoms with van der Waals surface area (Å²) in [5.74, 6) is -4.05. The summed E-state index contributed by atoms with van der Waals surface area (Å²) in [7, 11) is 0. The zero-order chi connectivity index (χ0) is 21.9. The molecule has 2 aromatic rings. The molecule has 29 heavy (non-hydrogen) atoms. The first-order valence-corrected chi connectivity index (χ1v) is 8.75. The maximum atomic E-state index is 13.6. The Morgan fingerprint density at radius 1 is 1.28 bits per heavy atom. The van der Waals surface area contributed by atoms with Gasteiger partial charge in [-0.25, -0.2) is 0 Å². The molecule has 0 radical (unpaired) electrons. The van der Waals surface area contributed by atoms with E-state index in [0.717, 1.165) is 24.4 Å². The summed E-state index contributed by atoms with van der Waals surface area (Å²) < 4.78 is 40.7. The zero-order valence-electron chi connectivity index (χ0n) is 15.7. The average Bonchev–Trinajstić information content (AvgIpc) is 2.63. The molecule has 0 spiro atoms. The molecule has 0 saturated carbocycles. The molecule has 156 valence electrons. The quantitative estimate of drug-likeness (QED) is 0.290. The molecule has 2 N–H and O–H groups in total. The molecule has 10 heteroatoms. The van der Waals surface area contributed by atoms with Gasteiger partial charge in [-0.1, -0.05) is 19.8 Å². The van der Waals surface area contributed by atoms with Gasteiger partial charge in [-0.15, -0.1) is 0 Å². The summed E-state index contributed by atoms with van der Waals surface area (Å²) in [4.78, 5) is 27.0. The summed E-state index contributed by atoms with van der Waals surface area (Å²) in [6.45, 7) is 3.19. The predicted octanol–water partition coefficient (Wildman–Crippen LogP) is 4.88. The first-order chi connectivity index (χ1) is 13.5. The number of phenols is 2. The molecule has 0 aliphatic heterocycles. The van der Waals surface area contributed by atoms with Crippen molar-refractivity contribution < 1.29 is 33.1 Å². The molecule has 0 aliphatic carbocycles. The zero-order valence-corrected chi connectivity index (χ0v) is 15.7. The van der Waals surface area contributed by atoms with Crippen LogP contribution in [0.25, 0.3) is 0 Å². The molecule has 0 bridgehead atoms. The molecular formula is C19H19F3N2O5. The van der Waals surface area contributed by atoms with E-state index in [1.807, 2.05) is 0 Å². The number of Topliss-reactive ketones (excluding diaryl/α,β-unsaturated/α-hetero) is 1. The predicted molar refractivity (Wildman–Crippen MR) is 97.0 cm³/mol. The number of aryl methyl sites for hydroxylation is 1. The topological polar surface area (TPSA) is 114 Å². The second-order valence-electron chi connectivity index (χ2n) is 6.59. The molecule has 7 nitrogen and oxygen atoms in total. The number of hydrogen-bond donors (Lipinski definition) is 2. The lowest BCUT2D eigenvalue weighted by atomic mass is 9.84. The van der Waals surface area contributed by atoms with Crippen molar-refractivity contribution in [3.05, 3.63) is 56.9 Å². The number of phenolic OH excluding ortho intramolecular Hbond substituents is 2. The van der Waals surface area contributed by atoms with Crippen LogP contribution in [0.1, 0.15) is 59.3 Å². The van der Waals surface area contributed by atoms with Crippen molar-refractivity contribution >= 4 is 11.5 Å². The number of ketones is 1. The van der Waals surface area contributed by atoms with Crippen molar-refractivity contribution in [3.63, 3.8) is 0 Å². The number of aromatic hydroxyl groups is 2. The van der Waals surface area contributed by atoms with E-state index < -0.39 is 45.6 Å². The highest BCUT2D eigenvalue weighted by Crippen LogP contribution is 2.41. The van der Waals surface area contributed by atoms with Gasteiger partial charge in [-0.3, -0.25) is 19.9 Å². The smallest absolute Gasteiger partial charge is 0.416 e. The first-order valence-electron chi connectivity index (χ1n) is 8.75. The summed E-state index contributed by atoms with van der Waals surface area (Å²) >= 11 is 0. The SMILES string of the molecule is CCCCC(C(=O)c1cc(O)c(O)c([N+](=O)[O-])c1)c1cnc(C)cc1C(F)(F)F. The minimum absolute atomic E-state index is 0.0542. The Kier molecular flexibility index (Phi) is 6.45. The normalized spacial score (nSPS) is 12.6. The number of pyridine rings is 1. The van der Waals surface area contributed by atoms with Gasteiger partial charge in [0.25, 0.3) is 0 Å². The van der Waals surface area contributed by atoms with Crippen LogP contribution in [0.15, 0.2) is 24.4 Å². The van der Waals surface area contributed by atoms with E-state index in [0.29, 0.717) is 12.8 Å². The van der Waals surface area contributed by atoms with Gasteiger partial charge in [0, 0.05) is 29.4 Å². The number of aromatic nitrogens is 1. The van der Waals surface area contributed by atoms with Crippen molar-refractivity contribution in [1.82, 2.24) is 4.98 Å². The van der Waals surface area contributed by atoms with E-state index in [1.165, 1.54) is 6.92 Å². The molecular weight excluding hydrogens is 393 g/mol. The number of benzene rings is 1. The minimum Gasteiger partial charge on any atom is -0.504 e. The number of halogens is 3. The van der Waals surface area contributed by atoms with Crippen molar-refractivity contribution in [2.24, 2.45) is 0 Å². The number of carbonyl (C=O) groups is 1. The minimum atomic E-state index is -4.73. The van der Waals surface area contributed by atoms with Gasteiger partial charge in [0.05, 0.1) is 10.5 Å². The average molecular weight is 412 g/mol. The van der Waals surface area contributed by atoms with E-state index >= 15 is 0 Å². The molecule has 1 atom stereocenters. The number of hydrogen-bond acceptors (Lipinski definition) is 6. The van der Waals surface area contributed by atoms with E-state index in [9.17, 15) is 38.3 Å². The Balaban J connectivity index is 2.64. The summed E-state index contributed by atoms with van der Waals surface area (Å²) in [6, 6.07) is 2.39. The Bertz CT molecular complexity index is 944. The lowest BCUT2D eigenvalue weighted by Crippen LogP contribution is -2.19. The van der Waals surface area contributed by atoms with E-state index in [-0.39, 0.29) is 23.2 Å². The molecule has 0 aliphatic rings. The number of unbranched alkanes of at least 4 members (excludes halogenated alkanes) is 1. The molecule has 2 rings (SSSR count). The fourth-order valence-electron chi connectivity index (χ4n) is 3.02. The highest BCUT2D eigenvalue weighted by molar-refractivity contribution is 6.02. The van der Waals surface area contributed by atoms with Crippen LogP contribution in [-0.4, -0.2) is 25.9 Å². The van der Waals surface area contributed by atoms with Crippen LogP contribution in [0, 0.1) is 17.0 Å². The highest BCUT2D eigenvalue weighted by atomic mass is 19.4. The third-order valence-electron chi connectivity index (χ3n) is 4.47. The van der Waals surface area contributed by atoms with Crippen LogP contribution in [0.2, 0.25) is 0 Å². The standard InChI is InChI=1S/C19H19F3N2O5/c1-3-4-5-12(13-9-23-10(2)6-14(13)19(20,21)22)17(26)11-7-15(24(28)29)18(27)16(25)8-11/h6-9,12,25,27H,3-5H2,1-2H3. The van der Waals surface area contributed by atoms with Gasteiger partial charge < -0.3 is 10.2 Å². The van der Waals surface area contributed by atoms with E-state index in [4.69, 9.17) is 0 Å². The number of alkyl halides is 3. The molecule has 1 unspecified atom stereocenters. The number of carbonyl (C=O) groups excluding carboxylic acids is 1. The summed E-state index contributed by atoms with van der Waals surface area (Å²) in [6.07, 6.45) is -2.65. The molecule has 1 heterocycles. The molecule has 0 saturated heterocycles. The number of nitro benzene ring substituents is 1. The number of nitrogens with zero attached hydrogens (tertiary/aromatic N) is 2. The van der Waals surface area contributed by atoms with Crippen LogP contribution >= 0.6 is 0 Å². The number of nitro groups is 1. The lowest BCUT2D eigenvalue weighted by Gasteiger charge is -2.21. The Hall–Kier alpha value is -3.17. The largest absolute Gasteiger partial charge is 0.504 e. The van der Waals surface area contributed by atoms with E-state index in [2.05, 4.69) is 4.98 Å². The Morgan fingerprint density at radius 2 is 1.93 bits per heavy atom. The van der Waals surface area contributed by atoms with Gasteiger partial charge in [-0.05, 0) is 31.0 Å². The maximum Gasteiger partial charge on any atom is 0.416 e. The van der Waals surface area contributed by atoms with Crippen LogP contribution < -0.4 is 0 Å². The van der Waals surface area contributed by atoms with E-state index in [1.54, 1.807) is 6.92 Å². The van der Waals surface area contributed by atoms with Crippen LogP contribution in [0.5, 0.6) is 11.5 Å². The Morgan fingerprint density at radius 3 is 2.48 bits per heavy atom. The van der Waals surface area contributed by atoms with Gasteiger partial charge in [0.2, 0.25) is 5.75 Å². The van der Waals surface area contributed by atoms with Crippen LogP contribution in [0.4, 0.5) is 18.9 Å². The van der Waals surface area contributed by atoms with Crippen LogP contribution in [-0.2, 0) is 6.18 Å². The van der Waals surface area contributed by atoms with Crippen molar-refractivity contribution in [3.8, 4) is 11.5 Å². The Labute approximate surface area is 164 Å². The van der Waals surface area contributed by atoms with Gasteiger partial charge in [0.15, 0.2) is 11.5 Å². The first kappa shape index (κ1) is 22.1. The number of rotatable bonds is 7. The second-order valence-corrected chi connectivity index (χ2v) is 6.59. The molecule has 1 aromatic carbocycles. The fraction of sp³-hybridized carbons (Fsp3) is 0.368. The highest BCUT2D eigenvalue weighted by Gasteiger charge is 2.38. The van der Waals surface area contributed by atoms with Gasteiger partial charge >= 0.3 is 11.9 Å². The van der Waals surface area contributed by atoms with Gasteiger partial charge in [-0.2, -0.15) is 13.2 Å². The third-order valence-corrected chi connectivity index (χ3v) is 4.47. The third kappa shape index (κ3) is 4.82. The lowest BCUT2D eigenvalue weighted by molar-refractivity contribution is -0.386. The van der Waals surface area contributed by atoms with Crippen molar-refractivity contribution in [1.29, 1.82) is 0 Å². The van der Waals surface area contributed by atoms with Crippen molar-refractivity contribution in [2.45, 2.75) is 45.2 Å². The van der Waals surface area contributed by atoms with Crippen LogP contribution in [0.3, 0.4) is 0 Å². The fourth-order valence-corrected chi connectivity index (χ4v) is 3.02. The molecule has 0 amide bonds. The monoisotopic (exact) mass is 412 g/mol. The van der Waals surface area contributed by atoms with Gasteiger partial charge in [0.1, 0.15) is 0 Å². The summed E-state index contributed by atoms with van der Waals surface area (Å²) in [5, 5.41) is 30.4. The molecule has 0 fully saturated rings. The van der Waals surface area contributed by atoms with Crippen molar-refractivity contribution in [2.75, 3.05) is 0 Å². The maximum absolute atomic E-state index is 13.6. The summed E-state index contributed by atoms with van der Waals surface area (Å²) in [5.41, 5.74) is -2.50. The second kappa shape index (κ2) is 8.46.